The second-order valence-corrected chi connectivity index (χ2v) is 8.27. The van der Waals surface area contributed by atoms with Gasteiger partial charge in [-0.25, -0.2) is 0 Å². The Kier molecular flexibility index (Phi) is 13.1. The number of aliphatic hydroxyl groups excluding tert-OH is 1. The van der Waals surface area contributed by atoms with Crippen molar-refractivity contribution in [1.29, 1.82) is 0 Å². The van der Waals surface area contributed by atoms with Crippen LogP contribution in [0.1, 0.15) is 89.9 Å². The Hall–Kier alpha value is -1.72. The Morgan fingerprint density at radius 1 is 0.800 bits per heavy atom. The molecule has 168 valence electrons. The summed E-state index contributed by atoms with van der Waals surface area (Å²) in [6, 6.07) is 9.87. The molecule has 0 fully saturated rings. The smallest absolute Gasteiger partial charge is 0.241 e. The van der Waals surface area contributed by atoms with Gasteiger partial charge in [0.2, 0.25) is 11.7 Å². The first kappa shape index (κ1) is 24.5. The highest BCUT2D eigenvalue weighted by Gasteiger charge is 2.12. The quantitative estimate of drug-likeness (QED) is 0.292. The molecule has 2 aromatic rings. The molecule has 30 heavy (non-hydrogen) atoms. The fourth-order valence-electron chi connectivity index (χ4n) is 3.80. The highest BCUT2D eigenvalue weighted by Crippen LogP contribution is 2.16. The number of hydrogen-bond donors (Lipinski definition) is 1. The molecule has 0 amide bonds. The van der Waals surface area contributed by atoms with Crippen LogP contribution >= 0.6 is 0 Å². The number of aromatic nitrogens is 2. The number of benzene rings is 1. The molecule has 5 nitrogen and oxygen atoms in total. The summed E-state index contributed by atoms with van der Waals surface area (Å²) in [5.74, 6) is 1.24. The molecular weight excluding hydrogens is 374 g/mol. The van der Waals surface area contributed by atoms with E-state index in [1.165, 1.54) is 70.6 Å². The van der Waals surface area contributed by atoms with Gasteiger partial charge in [-0.05, 0) is 13.0 Å². The Bertz CT molecular complexity index is 645. The van der Waals surface area contributed by atoms with Crippen molar-refractivity contribution >= 4 is 0 Å². The summed E-state index contributed by atoms with van der Waals surface area (Å²) in [5, 5.41) is 13.5. The van der Waals surface area contributed by atoms with Crippen LogP contribution in [-0.2, 0) is 6.54 Å². The first-order valence-corrected chi connectivity index (χ1v) is 12.0. The highest BCUT2D eigenvalue weighted by atomic mass is 16.5. The van der Waals surface area contributed by atoms with E-state index in [1.54, 1.807) is 0 Å². The summed E-state index contributed by atoms with van der Waals surface area (Å²) in [4.78, 5) is 6.72. The molecule has 0 aliphatic carbocycles. The second-order valence-electron chi connectivity index (χ2n) is 8.27. The van der Waals surface area contributed by atoms with Crippen LogP contribution < -0.4 is 0 Å². The Labute approximate surface area is 182 Å². The number of rotatable bonds is 18. The lowest BCUT2D eigenvalue weighted by Crippen LogP contribution is -2.27. The molecule has 5 heteroatoms. The molecule has 0 saturated carbocycles. The molecule has 0 atom stereocenters. The van der Waals surface area contributed by atoms with Crippen LogP contribution in [0.3, 0.4) is 0 Å². The van der Waals surface area contributed by atoms with Crippen molar-refractivity contribution < 1.29 is 9.63 Å². The predicted molar refractivity (Wildman–Crippen MR) is 123 cm³/mol. The number of nitrogens with zero attached hydrogens (tertiary/aromatic N) is 3. The van der Waals surface area contributed by atoms with Crippen LogP contribution in [-0.4, -0.2) is 39.8 Å². The van der Waals surface area contributed by atoms with Crippen molar-refractivity contribution in [3.05, 3.63) is 36.2 Å². The fourth-order valence-corrected chi connectivity index (χ4v) is 3.80. The van der Waals surface area contributed by atoms with E-state index in [0.717, 1.165) is 18.5 Å². The summed E-state index contributed by atoms with van der Waals surface area (Å²) in [6.45, 7) is 4.62. The molecule has 0 aliphatic heterocycles. The van der Waals surface area contributed by atoms with Crippen molar-refractivity contribution in [3.63, 3.8) is 0 Å². The molecule has 0 radical (unpaired) electrons. The largest absolute Gasteiger partial charge is 0.395 e. The van der Waals surface area contributed by atoms with E-state index in [9.17, 15) is 5.11 Å². The SMILES string of the molecule is CCCCCCCCCCCCCCN(CCO)Cc1nc(-c2ccccc2)no1. The Morgan fingerprint density at radius 3 is 2.00 bits per heavy atom. The van der Waals surface area contributed by atoms with Gasteiger partial charge in [-0.3, -0.25) is 4.90 Å². The molecule has 1 aromatic heterocycles. The average molecular weight is 416 g/mol. The van der Waals surface area contributed by atoms with Gasteiger partial charge < -0.3 is 9.63 Å². The van der Waals surface area contributed by atoms with Crippen molar-refractivity contribution in [3.8, 4) is 11.4 Å². The summed E-state index contributed by atoms with van der Waals surface area (Å²) in [6.07, 6.45) is 16.2. The van der Waals surface area contributed by atoms with E-state index >= 15 is 0 Å². The molecule has 1 heterocycles. The van der Waals surface area contributed by atoms with E-state index in [4.69, 9.17) is 4.52 Å². The Morgan fingerprint density at radius 2 is 1.40 bits per heavy atom. The van der Waals surface area contributed by atoms with Gasteiger partial charge in [0.1, 0.15) is 0 Å². The summed E-state index contributed by atoms with van der Waals surface area (Å²) in [5.41, 5.74) is 0.960. The van der Waals surface area contributed by atoms with Crippen LogP contribution in [0.25, 0.3) is 11.4 Å². The average Bonchev–Trinajstić information content (AvgIpc) is 3.24. The fraction of sp³-hybridized carbons (Fsp3) is 0.680. The zero-order chi connectivity index (χ0) is 21.3. The van der Waals surface area contributed by atoms with E-state index < -0.39 is 0 Å². The minimum Gasteiger partial charge on any atom is -0.395 e. The van der Waals surface area contributed by atoms with E-state index in [2.05, 4.69) is 22.0 Å². The molecule has 0 spiro atoms. The minimum absolute atomic E-state index is 0.151. The van der Waals surface area contributed by atoms with E-state index in [-0.39, 0.29) is 6.61 Å². The van der Waals surface area contributed by atoms with Gasteiger partial charge in [0, 0.05) is 12.1 Å². The third-order valence-electron chi connectivity index (χ3n) is 5.60. The molecule has 0 bridgehead atoms. The molecule has 0 aliphatic rings. The zero-order valence-corrected chi connectivity index (χ0v) is 18.9. The maximum absolute atomic E-state index is 9.38. The van der Waals surface area contributed by atoms with Crippen LogP contribution in [0.4, 0.5) is 0 Å². The maximum atomic E-state index is 9.38. The maximum Gasteiger partial charge on any atom is 0.241 e. The number of aliphatic hydroxyl groups is 1. The van der Waals surface area contributed by atoms with Gasteiger partial charge in [-0.15, -0.1) is 0 Å². The summed E-state index contributed by atoms with van der Waals surface area (Å²) < 4.78 is 5.42. The standard InChI is InChI=1S/C25H41N3O2/c1-2-3-4-5-6-7-8-9-10-11-12-16-19-28(20-21-29)22-24-26-25(27-30-24)23-17-14-13-15-18-23/h13-15,17-18,29H,2-12,16,19-22H2,1H3. The molecule has 0 unspecified atom stereocenters. The predicted octanol–water partition coefficient (Wildman–Crippen LogP) is 6.23. The van der Waals surface area contributed by atoms with Gasteiger partial charge in [-0.2, -0.15) is 4.98 Å². The van der Waals surface area contributed by atoms with Crippen LogP contribution in [0.2, 0.25) is 0 Å². The first-order chi connectivity index (χ1) is 14.8. The molecule has 0 saturated heterocycles. The van der Waals surface area contributed by atoms with Gasteiger partial charge in [-0.1, -0.05) is 113 Å². The lowest BCUT2D eigenvalue weighted by Gasteiger charge is -2.18. The molecule has 1 N–H and O–H groups in total. The number of unbranched alkanes of at least 4 members (excludes halogenated alkanes) is 11. The van der Waals surface area contributed by atoms with Crippen molar-refractivity contribution in [1.82, 2.24) is 15.0 Å². The van der Waals surface area contributed by atoms with Crippen molar-refractivity contribution in [2.75, 3.05) is 19.7 Å². The van der Waals surface area contributed by atoms with Crippen LogP contribution in [0, 0.1) is 0 Å². The third-order valence-corrected chi connectivity index (χ3v) is 5.60. The first-order valence-electron chi connectivity index (χ1n) is 12.0. The van der Waals surface area contributed by atoms with Crippen molar-refractivity contribution in [2.45, 2.75) is 90.5 Å². The van der Waals surface area contributed by atoms with Gasteiger partial charge in [0.05, 0.1) is 13.2 Å². The van der Waals surface area contributed by atoms with Gasteiger partial charge in [0.25, 0.3) is 0 Å². The minimum atomic E-state index is 0.151. The van der Waals surface area contributed by atoms with Crippen LogP contribution in [0.15, 0.2) is 34.9 Å². The molecular formula is C25H41N3O2. The molecule has 1 aromatic carbocycles. The monoisotopic (exact) mass is 415 g/mol. The molecule has 2 rings (SSSR count). The topological polar surface area (TPSA) is 62.4 Å². The van der Waals surface area contributed by atoms with E-state index in [1.807, 2.05) is 30.3 Å². The van der Waals surface area contributed by atoms with Gasteiger partial charge >= 0.3 is 0 Å². The van der Waals surface area contributed by atoms with Crippen LogP contribution in [0.5, 0.6) is 0 Å². The van der Waals surface area contributed by atoms with Gasteiger partial charge in [0.15, 0.2) is 0 Å². The third kappa shape index (κ3) is 10.4. The highest BCUT2D eigenvalue weighted by molar-refractivity contribution is 5.53. The lowest BCUT2D eigenvalue weighted by atomic mass is 10.1. The summed E-state index contributed by atoms with van der Waals surface area (Å²) >= 11 is 0. The van der Waals surface area contributed by atoms with Crippen molar-refractivity contribution in [2.24, 2.45) is 0 Å². The zero-order valence-electron chi connectivity index (χ0n) is 18.9. The number of hydrogen-bond acceptors (Lipinski definition) is 5. The Balaban J connectivity index is 1.56. The summed E-state index contributed by atoms with van der Waals surface area (Å²) in [7, 11) is 0. The van der Waals surface area contributed by atoms with E-state index in [0.29, 0.717) is 24.8 Å². The lowest BCUT2D eigenvalue weighted by molar-refractivity contribution is 0.171. The second kappa shape index (κ2) is 16.0. The normalized spacial score (nSPS) is 11.4.